The number of morpholine rings is 1. The first-order chi connectivity index (χ1) is 10.3. The summed E-state index contributed by atoms with van der Waals surface area (Å²) in [5.74, 6) is 1.04. The Bertz CT molecular complexity index is 633. The minimum Gasteiger partial charge on any atom is -0.367 e. The molecule has 4 heteroatoms. The maximum atomic E-state index is 6.22. The number of ether oxygens (including phenoxy) is 1. The van der Waals surface area contributed by atoms with Gasteiger partial charge in [0.1, 0.15) is 11.9 Å². The Morgan fingerprint density at radius 3 is 2.76 bits per heavy atom. The van der Waals surface area contributed by atoms with Crippen molar-refractivity contribution in [2.75, 3.05) is 13.2 Å². The zero-order valence-electron chi connectivity index (χ0n) is 12.6. The molecule has 0 amide bonds. The third-order valence-corrected chi connectivity index (χ3v) is 5.14. The number of aryl methyl sites for hydroxylation is 1. The molecule has 1 N–H and O–H groups in total. The van der Waals surface area contributed by atoms with E-state index in [4.69, 9.17) is 9.72 Å². The number of nitrogens with zero attached hydrogens (tertiary/aromatic N) is 2. The number of imidazole rings is 1. The average Bonchev–Trinajstić information content (AvgIpc) is 2.87. The van der Waals surface area contributed by atoms with Crippen LogP contribution < -0.4 is 5.32 Å². The molecule has 1 saturated heterocycles. The van der Waals surface area contributed by atoms with Gasteiger partial charge in [-0.15, -0.1) is 0 Å². The van der Waals surface area contributed by atoms with Crippen LogP contribution in [0.4, 0.5) is 0 Å². The lowest BCUT2D eigenvalue weighted by Gasteiger charge is -2.43. The minimum absolute atomic E-state index is 0.0648. The summed E-state index contributed by atoms with van der Waals surface area (Å²) in [6.07, 6.45) is 6.60. The molecule has 1 atom stereocenters. The normalized spacial score (nSPS) is 25.5. The van der Waals surface area contributed by atoms with Crippen LogP contribution in [-0.4, -0.2) is 28.2 Å². The van der Waals surface area contributed by atoms with Crippen molar-refractivity contribution in [2.45, 2.75) is 43.7 Å². The van der Waals surface area contributed by atoms with Gasteiger partial charge in [-0.25, -0.2) is 4.98 Å². The summed E-state index contributed by atoms with van der Waals surface area (Å²) < 4.78 is 8.39. The molecule has 21 heavy (non-hydrogen) atoms. The first-order valence-corrected chi connectivity index (χ1v) is 8.05. The minimum atomic E-state index is 0.0648. The molecule has 1 aromatic heterocycles. The number of hydrogen-bond acceptors (Lipinski definition) is 3. The number of fused-ring (bicyclic) bond motifs is 1. The first kappa shape index (κ1) is 13.3. The molecule has 1 aliphatic carbocycles. The third kappa shape index (κ3) is 2.27. The fourth-order valence-corrected chi connectivity index (χ4v) is 3.85. The van der Waals surface area contributed by atoms with Crippen LogP contribution in [0, 0.1) is 0 Å². The van der Waals surface area contributed by atoms with Crippen LogP contribution in [0.3, 0.4) is 0 Å². The molecule has 2 aliphatic rings. The largest absolute Gasteiger partial charge is 0.367 e. The highest BCUT2D eigenvalue weighted by Crippen LogP contribution is 2.34. The van der Waals surface area contributed by atoms with Crippen LogP contribution in [0.5, 0.6) is 0 Å². The Morgan fingerprint density at radius 2 is 2.05 bits per heavy atom. The van der Waals surface area contributed by atoms with Crippen LogP contribution >= 0.6 is 0 Å². The molecule has 2 heterocycles. The molecule has 1 aromatic carbocycles. The third-order valence-electron chi connectivity index (χ3n) is 5.14. The Kier molecular flexibility index (Phi) is 3.23. The molecule has 4 nitrogen and oxygen atoms in total. The average molecular weight is 285 g/mol. The second-order valence-electron chi connectivity index (χ2n) is 6.54. The highest BCUT2D eigenvalue weighted by molar-refractivity contribution is 5.75. The van der Waals surface area contributed by atoms with E-state index in [-0.39, 0.29) is 11.6 Å². The van der Waals surface area contributed by atoms with Gasteiger partial charge in [0, 0.05) is 19.1 Å². The van der Waals surface area contributed by atoms with Gasteiger partial charge in [-0.3, -0.25) is 0 Å². The van der Waals surface area contributed by atoms with E-state index >= 15 is 0 Å². The maximum absolute atomic E-state index is 6.22. The van der Waals surface area contributed by atoms with E-state index in [9.17, 15) is 0 Å². The molecule has 1 saturated carbocycles. The van der Waals surface area contributed by atoms with Gasteiger partial charge in [-0.1, -0.05) is 31.4 Å². The topological polar surface area (TPSA) is 39.1 Å². The van der Waals surface area contributed by atoms with Gasteiger partial charge in [0.2, 0.25) is 0 Å². The Hall–Kier alpha value is -1.39. The molecule has 1 aliphatic heterocycles. The second kappa shape index (κ2) is 5.11. The summed E-state index contributed by atoms with van der Waals surface area (Å²) in [4.78, 5) is 4.77. The summed E-state index contributed by atoms with van der Waals surface area (Å²) in [5, 5.41) is 3.78. The van der Waals surface area contributed by atoms with E-state index in [1.165, 1.54) is 37.6 Å². The molecule has 1 spiro atoms. The van der Waals surface area contributed by atoms with Gasteiger partial charge >= 0.3 is 0 Å². The first-order valence-electron chi connectivity index (χ1n) is 8.05. The Balaban J connectivity index is 1.56. The standard InChI is InChI=1S/C17H23N3O/c1-20-14-8-4-3-7-13(14)19-16(20)15-11-18-17(12-21-15)9-5-2-6-10-17/h3-4,7-8,15,18H,2,5-6,9-12H2,1H3. The van der Waals surface area contributed by atoms with Gasteiger partial charge < -0.3 is 14.6 Å². The lowest BCUT2D eigenvalue weighted by Crippen LogP contribution is -2.56. The maximum Gasteiger partial charge on any atom is 0.140 e. The van der Waals surface area contributed by atoms with Crippen LogP contribution in [0.15, 0.2) is 24.3 Å². The molecule has 0 bridgehead atoms. The quantitative estimate of drug-likeness (QED) is 0.875. The van der Waals surface area contributed by atoms with Gasteiger partial charge in [-0.2, -0.15) is 0 Å². The molecule has 1 unspecified atom stereocenters. The molecular formula is C17H23N3O. The molecule has 112 valence electrons. The number of nitrogens with one attached hydrogen (secondary N) is 1. The van der Waals surface area contributed by atoms with Crippen molar-refractivity contribution < 1.29 is 4.74 Å². The zero-order valence-corrected chi connectivity index (χ0v) is 12.6. The van der Waals surface area contributed by atoms with Crippen molar-refractivity contribution in [1.82, 2.24) is 14.9 Å². The fraction of sp³-hybridized carbons (Fsp3) is 0.588. The van der Waals surface area contributed by atoms with Gasteiger partial charge in [0.05, 0.1) is 17.6 Å². The van der Waals surface area contributed by atoms with Crippen molar-refractivity contribution in [3.05, 3.63) is 30.1 Å². The summed E-state index contributed by atoms with van der Waals surface area (Å²) in [6.45, 7) is 1.69. The van der Waals surface area contributed by atoms with E-state index in [1.54, 1.807) is 0 Å². The lowest BCUT2D eigenvalue weighted by molar-refractivity contribution is -0.0511. The highest BCUT2D eigenvalue weighted by atomic mass is 16.5. The van der Waals surface area contributed by atoms with E-state index in [0.717, 1.165) is 24.5 Å². The lowest BCUT2D eigenvalue weighted by atomic mass is 9.81. The number of hydrogen-bond donors (Lipinski definition) is 1. The highest BCUT2D eigenvalue weighted by Gasteiger charge is 2.38. The molecule has 4 rings (SSSR count). The Morgan fingerprint density at radius 1 is 1.24 bits per heavy atom. The van der Waals surface area contributed by atoms with Gasteiger partial charge in [0.25, 0.3) is 0 Å². The summed E-state index contributed by atoms with van der Waals surface area (Å²) in [7, 11) is 2.08. The number of para-hydroxylation sites is 2. The van der Waals surface area contributed by atoms with Crippen molar-refractivity contribution in [3.63, 3.8) is 0 Å². The fourth-order valence-electron chi connectivity index (χ4n) is 3.85. The van der Waals surface area contributed by atoms with E-state index in [2.05, 4.69) is 35.1 Å². The summed E-state index contributed by atoms with van der Waals surface area (Å²) >= 11 is 0. The molecular weight excluding hydrogens is 262 g/mol. The van der Waals surface area contributed by atoms with Gasteiger partial charge in [0.15, 0.2) is 0 Å². The van der Waals surface area contributed by atoms with Gasteiger partial charge in [-0.05, 0) is 25.0 Å². The summed E-state index contributed by atoms with van der Waals surface area (Å²) in [5.41, 5.74) is 2.46. The van der Waals surface area contributed by atoms with E-state index < -0.39 is 0 Å². The van der Waals surface area contributed by atoms with Crippen molar-refractivity contribution in [3.8, 4) is 0 Å². The monoisotopic (exact) mass is 285 g/mol. The summed E-state index contributed by atoms with van der Waals surface area (Å²) in [6, 6.07) is 8.28. The molecule has 0 radical (unpaired) electrons. The van der Waals surface area contributed by atoms with E-state index in [0.29, 0.717) is 0 Å². The van der Waals surface area contributed by atoms with Crippen LogP contribution in [-0.2, 0) is 11.8 Å². The van der Waals surface area contributed by atoms with Crippen LogP contribution in [0.2, 0.25) is 0 Å². The molecule has 2 aromatic rings. The van der Waals surface area contributed by atoms with Crippen molar-refractivity contribution in [2.24, 2.45) is 7.05 Å². The number of benzene rings is 1. The van der Waals surface area contributed by atoms with E-state index in [1.807, 2.05) is 6.07 Å². The smallest absolute Gasteiger partial charge is 0.140 e. The predicted molar refractivity (Wildman–Crippen MR) is 83.2 cm³/mol. The second-order valence-corrected chi connectivity index (χ2v) is 6.54. The van der Waals surface area contributed by atoms with Crippen molar-refractivity contribution >= 4 is 11.0 Å². The molecule has 2 fully saturated rings. The zero-order chi connectivity index (χ0) is 14.3. The van der Waals surface area contributed by atoms with Crippen LogP contribution in [0.1, 0.15) is 44.0 Å². The van der Waals surface area contributed by atoms with Crippen LogP contribution in [0.25, 0.3) is 11.0 Å². The number of rotatable bonds is 1. The number of aromatic nitrogens is 2. The predicted octanol–water partition coefficient (Wildman–Crippen LogP) is 2.94. The SMILES string of the molecule is Cn1c(C2CNC3(CCCCC3)CO2)nc2ccccc21. The van der Waals surface area contributed by atoms with Crippen molar-refractivity contribution in [1.29, 1.82) is 0 Å². The Labute approximate surface area is 125 Å².